The van der Waals surface area contributed by atoms with Gasteiger partial charge in [0.05, 0.1) is 0 Å². The molecule has 1 saturated heterocycles. The molecule has 49 heavy (non-hydrogen) atoms. The number of hydroxylamine groups is 1. The highest BCUT2D eigenvalue weighted by atomic mass is 16.8. The van der Waals surface area contributed by atoms with Crippen molar-refractivity contribution >= 4 is 34.6 Å². The van der Waals surface area contributed by atoms with E-state index in [1.165, 1.54) is 0 Å². The second-order valence-electron chi connectivity index (χ2n) is 13.1. The van der Waals surface area contributed by atoms with Crippen LogP contribution in [0, 0.1) is 0 Å². The Bertz CT molecular complexity index is 1510. The number of benzene rings is 2. The molecular formula is C38H50N4O7. The van der Waals surface area contributed by atoms with Crippen LogP contribution in [0.3, 0.4) is 0 Å². The van der Waals surface area contributed by atoms with Crippen LogP contribution in [0.1, 0.15) is 105 Å². The molecule has 1 aliphatic carbocycles. The summed E-state index contributed by atoms with van der Waals surface area (Å²) in [7, 11) is 0. The van der Waals surface area contributed by atoms with Crippen LogP contribution in [0.15, 0.2) is 54.6 Å². The van der Waals surface area contributed by atoms with Gasteiger partial charge in [-0.25, -0.2) is 15.1 Å². The number of amides is 3. The fraction of sp³-hybridized carbons (Fsp3) is 0.526. The monoisotopic (exact) mass is 674 g/mol. The maximum Gasteiger partial charge on any atom is 0.329 e. The minimum atomic E-state index is -0.739. The molecule has 3 amide bonds. The van der Waals surface area contributed by atoms with Gasteiger partial charge in [0, 0.05) is 49.7 Å². The lowest BCUT2D eigenvalue weighted by molar-refractivity contribution is -0.200. The van der Waals surface area contributed by atoms with E-state index in [1.807, 2.05) is 54.6 Å². The zero-order valence-corrected chi connectivity index (χ0v) is 28.3. The molecule has 0 bridgehead atoms. The minimum Gasteiger partial charge on any atom is -0.461 e. The number of esters is 1. The van der Waals surface area contributed by atoms with E-state index in [-0.39, 0.29) is 42.5 Å². The number of carbonyl (C=O) groups is 4. The first-order valence-electron chi connectivity index (χ1n) is 17.9. The van der Waals surface area contributed by atoms with Gasteiger partial charge >= 0.3 is 5.97 Å². The second-order valence-corrected chi connectivity index (χ2v) is 13.1. The van der Waals surface area contributed by atoms with Gasteiger partial charge in [-0.1, -0.05) is 49.2 Å². The lowest BCUT2D eigenvalue weighted by Crippen LogP contribution is -2.44. The van der Waals surface area contributed by atoms with E-state index in [4.69, 9.17) is 14.3 Å². The molecule has 2 atom stereocenters. The molecule has 11 heteroatoms. The molecule has 2 aliphatic rings. The van der Waals surface area contributed by atoms with Gasteiger partial charge < -0.3 is 25.1 Å². The first-order valence-corrected chi connectivity index (χ1v) is 17.9. The van der Waals surface area contributed by atoms with Crippen molar-refractivity contribution in [2.75, 3.05) is 13.2 Å². The maximum absolute atomic E-state index is 13.0. The zero-order chi connectivity index (χ0) is 34.3. The molecule has 4 N–H and O–H groups in total. The van der Waals surface area contributed by atoms with Crippen LogP contribution in [0.5, 0.6) is 0 Å². The lowest BCUT2D eigenvalue weighted by atomic mass is 10.0. The van der Waals surface area contributed by atoms with Crippen molar-refractivity contribution in [3.05, 3.63) is 71.4 Å². The summed E-state index contributed by atoms with van der Waals surface area (Å²) >= 11 is 0. The van der Waals surface area contributed by atoms with Gasteiger partial charge in [-0.2, -0.15) is 0 Å². The number of aromatic amines is 1. The Hall–Kier alpha value is -4.22. The number of unbranched alkanes of at least 4 members (excludes halogenated alkanes) is 3. The average molecular weight is 675 g/mol. The maximum atomic E-state index is 13.0. The summed E-state index contributed by atoms with van der Waals surface area (Å²) in [6, 6.07) is 16.6. The van der Waals surface area contributed by atoms with Crippen LogP contribution >= 0.6 is 0 Å². The number of aryl methyl sites for hydroxylation is 1. The zero-order valence-electron chi connectivity index (χ0n) is 28.3. The molecular weight excluding hydrogens is 624 g/mol. The number of ether oxygens (including phenoxy) is 2. The highest BCUT2D eigenvalue weighted by Crippen LogP contribution is 2.22. The van der Waals surface area contributed by atoms with Crippen molar-refractivity contribution in [3.63, 3.8) is 0 Å². The Morgan fingerprint density at radius 1 is 0.837 bits per heavy atom. The molecule has 1 aromatic heterocycles. The van der Waals surface area contributed by atoms with Crippen molar-refractivity contribution in [2.24, 2.45) is 0 Å². The summed E-state index contributed by atoms with van der Waals surface area (Å²) in [5, 5.41) is 6.78. The van der Waals surface area contributed by atoms with Crippen molar-refractivity contribution in [1.82, 2.24) is 21.1 Å². The standard InChI is InChI=1S/C38H50N4O7/c43-34(41-33(25-27-12-4-3-5-13-27)38(46)48-30-14-7-8-15-30)21-19-28-18-20-31-29(24-28)26-32(40-31)37(45)39-22-10-2-1-6-16-35(44)42-49-36-17-9-11-23-47-36/h3-5,12-13,18,20,24,26,30,33,36,40H,1-2,6-11,14-17,19,21-23,25H2,(H,39,45)(H,41,43)(H,42,44)/t33-,36?/m0/s1. The second kappa shape index (κ2) is 19.1. The summed E-state index contributed by atoms with van der Waals surface area (Å²) in [5.41, 5.74) is 5.73. The largest absolute Gasteiger partial charge is 0.461 e. The fourth-order valence-electron chi connectivity index (χ4n) is 6.33. The SMILES string of the molecule is O=C(CCCCCCNC(=O)c1cc2cc(CCC(=O)N[C@@H](Cc3ccccc3)C(=O)OC3CCCC3)ccc2[nH]1)NOC1CCCCO1. The molecule has 11 nitrogen and oxygen atoms in total. The Labute approximate surface area is 288 Å². The van der Waals surface area contributed by atoms with E-state index in [0.29, 0.717) is 38.1 Å². The Morgan fingerprint density at radius 3 is 2.43 bits per heavy atom. The van der Waals surface area contributed by atoms with E-state index < -0.39 is 6.04 Å². The highest BCUT2D eigenvalue weighted by Gasteiger charge is 2.27. The van der Waals surface area contributed by atoms with Crippen LogP contribution in [0.25, 0.3) is 10.9 Å². The molecule has 5 rings (SSSR count). The molecule has 1 unspecified atom stereocenters. The first-order chi connectivity index (χ1) is 23.9. The van der Waals surface area contributed by atoms with Crippen LogP contribution in [0.4, 0.5) is 0 Å². The van der Waals surface area contributed by atoms with Crippen molar-refractivity contribution in [2.45, 2.75) is 115 Å². The smallest absolute Gasteiger partial charge is 0.329 e. The molecule has 1 saturated carbocycles. The number of hydrogen-bond acceptors (Lipinski definition) is 7. The van der Waals surface area contributed by atoms with Crippen LogP contribution < -0.4 is 16.1 Å². The third-order valence-electron chi connectivity index (χ3n) is 9.12. The molecule has 2 fully saturated rings. The minimum absolute atomic E-state index is 0.0678. The molecule has 0 radical (unpaired) electrons. The van der Waals surface area contributed by atoms with Gasteiger partial charge in [-0.05, 0) is 87.1 Å². The van der Waals surface area contributed by atoms with E-state index in [1.54, 1.807) is 0 Å². The number of aromatic nitrogens is 1. The number of carbonyl (C=O) groups excluding carboxylic acids is 4. The van der Waals surface area contributed by atoms with Gasteiger partial charge in [0.15, 0.2) is 6.29 Å². The Kier molecular flexibility index (Phi) is 14.1. The fourth-order valence-corrected chi connectivity index (χ4v) is 6.33. The molecule has 264 valence electrons. The molecule has 2 heterocycles. The third kappa shape index (κ3) is 12.0. The van der Waals surface area contributed by atoms with Crippen molar-refractivity contribution in [1.29, 1.82) is 0 Å². The van der Waals surface area contributed by atoms with E-state index >= 15 is 0 Å². The molecule has 0 spiro atoms. The molecule has 3 aromatic rings. The number of H-pyrrole nitrogens is 1. The van der Waals surface area contributed by atoms with Crippen molar-refractivity contribution < 1.29 is 33.5 Å². The Morgan fingerprint density at radius 2 is 1.63 bits per heavy atom. The summed E-state index contributed by atoms with van der Waals surface area (Å²) in [4.78, 5) is 59.3. The normalized spacial score (nSPS) is 17.0. The summed E-state index contributed by atoms with van der Waals surface area (Å²) in [6.45, 7) is 1.21. The number of nitrogens with one attached hydrogen (secondary N) is 4. The quantitative estimate of drug-likeness (QED) is 0.0784. The first kappa shape index (κ1) is 36.1. The van der Waals surface area contributed by atoms with Crippen LogP contribution in [-0.2, 0) is 41.5 Å². The predicted octanol–water partition coefficient (Wildman–Crippen LogP) is 5.57. The third-order valence-corrected chi connectivity index (χ3v) is 9.12. The molecule has 1 aliphatic heterocycles. The van der Waals surface area contributed by atoms with E-state index in [2.05, 4.69) is 21.1 Å². The van der Waals surface area contributed by atoms with Gasteiger partial charge in [0.25, 0.3) is 5.91 Å². The van der Waals surface area contributed by atoms with Gasteiger partial charge in [0.1, 0.15) is 17.8 Å². The van der Waals surface area contributed by atoms with Gasteiger partial charge in [-0.3, -0.25) is 14.4 Å². The number of rotatable bonds is 18. The summed E-state index contributed by atoms with van der Waals surface area (Å²) < 4.78 is 11.2. The van der Waals surface area contributed by atoms with Crippen LogP contribution in [0.2, 0.25) is 0 Å². The highest BCUT2D eigenvalue weighted by molar-refractivity contribution is 5.98. The average Bonchev–Trinajstić information content (AvgIpc) is 3.80. The van der Waals surface area contributed by atoms with E-state index in [9.17, 15) is 19.2 Å². The number of hydrogen-bond donors (Lipinski definition) is 4. The topological polar surface area (TPSA) is 148 Å². The lowest BCUT2D eigenvalue weighted by Gasteiger charge is -2.22. The van der Waals surface area contributed by atoms with E-state index in [0.717, 1.165) is 92.7 Å². The van der Waals surface area contributed by atoms with Gasteiger partial charge in [0.2, 0.25) is 11.8 Å². The van der Waals surface area contributed by atoms with Crippen molar-refractivity contribution in [3.8, 4) is 0 Å². The van der Waals surface area contributed by atoms with Gasteiger partial charge in [-0.15, -0.1) is 0 Å². The number of fused-ring (bicyclic) bond motifs is 1. The molecule has 2 aromatic carbocycles. The Balaban J connectivity index is 1.01. The summed E-state index contributed by atoms with van der Waals surface area (Å²) in [5.74, 6) is -0.899. The summed E-state index contributed by atoms with van der Waals surface area (Å²) in [6.07, 6.45) is 11.2. The van der Waals surface area contributed by atoms with Crippen LogP contribution in [-0.4, -0.2) is 60.3 Å². The predicted molar refractivity (Wildman–Crippen MR) is 185 cm³/mol.